The Morgan fingerprint density at radius 2 is 2.03 bits per heavy atom. The molecule has 2 N–H and O–H groups in total. The van der Waals surface area contributed by atoms with E-state index in [0.29, 0.717) is 6.54 Å². The molecule has 1 saturated heterocycles. The van der Waals surface area contributed by atoms with Crippen LogP contribution in [0.1, 0.15) is 36.8 Å². The highest BCUT2D eigenvalue weighted by atomic mass is 127. The summed E-state index contributed by atoms with van der Waals surface area (Å²) in [6.45, 7) is 8.59. The van der Waals surface area contributed by atoms with Crippen molar-refractivity contribution in [1.29, 1.82) is 0 Å². The summed E-state index contributed by atoms with van der Waals surface area (Å²) >= 11 is 1.76. The van der Waals surface area contributed by atoms with Gasteiger partial charge >= 0.3 is 0 Å². The van der Waals surface area contributed by atoms with Crippen LogP contribution in [0.2, 0.25) is 0 Å². The number of guanidine groups is 1. The summed E-state index contributed by atoms with van der Waals surface area (Å²) in [6, 6.07) is 8.13. The van der Waals surface area contributed by atoms with Crippen molar-refractivity contribution in [3.05, 3.63) is 46.7 Å². The fourth-order valence-electron chi connectivity index (χ4n) is 3.64. The quantitative estimate of drug-likeness (QED) is 0.259. The number of rotatable bonds is 7. The average molecular weight is 539 g/mol. The molecular formula is C22H30IN5OS. The number of aliphatic imine (C=N–C) groups is 1. The summed E-state index contributed by atoms with van der Waals surface area (Å²) in [5.74, 6) is 1.72. The molecule has 0 radical (unpaired) electrons. The second-order valence-corrected chi connectivity index (χ2v) is 8.17. The molecule has 8 heteroatoms. The van der Waals surface area contributed by atoms with Crippen LogP contribution in [0.25, 0.3) is 11.0 Å². The highest BCUT2D eigenvalue weighted by Gasteiger charge is 2.15. The summed E-state index contributed by atoms with van der Waals surface area (Å²) in [5, 5.41) is 11.2. The normalized spacial score (nSPS) is 14.2. The van der Waals surface area contributed by atoms with Gasteiger partial charge in [-0.1, -0.05) is 18.2 Å². The van der Waals surface area contributed by atoms with E-state index >= 15 is 0 Å². The second-order valence-electron chi connectivity index (χ2n) is 7.33. The van der Waals surface area contributed by atoms with Gasteiger partial charge in [-0.05, 0) is 32.8 Å². The number of furan rings is 1. The first kappa shape index (κ1) is 22.9. The minimum Gasteiger partial charge on any atom is -0.459 e. The van der Waals surface area contributed by atoms with E-state index in [0.717, 1.165) is 66.5 Å². The first-order valence-electron chi connectivity index (χ1n) is 10.4. The molecule has 3 aromatic rings. The van der Waals surface area contributed by atoms with Crippen molar-refractivity contribution in [2.24, 2.45) is 4.99 Å². The Bertz CT molecular complexity index is 977. The monoisotopic (exact) mass is 539 g/mol. The number of nitrogens with zero attached hydrogens (tertiary/aromatic N) is 3. The fourth-order valence-corrected chi connectivity index (χ4v) is 4.56. The minimum absolute atomic E-state index is 0. The molecule has 0 saturated carbocycles. The molecule has 1 aliphatic heterocycles. The molecule has 4 rings (SSSR count). The molecule has 0 atom stereocenters. The summed E-state index contributed by atoms with van der Waals surface area (Å²) < 4.78 is 5.98. The summed E-state index contributed by atoms with van der Waals surface area (Å²) in [5.41, 5.74) is 3.23. The van der Waals surface area contributed by atoms with Crippen LogP contribution in [0.4, 0.5) is 5.13 Å². The number of aromatic nitrogens is 1. The largest absolute Gasteiger partial charge is 0.459 e. The van der Waals surface area contributed by atoms with Crippen molar-refractivity contribution < 1.29 is 4.42 Å². The maximum atomic E-state index is 5.98. The Morgan fingerprint density at radius 1 is 1.23 bits per heavy atom. The van der Waals surface area contributed by atoms with Gasteiger partial charge in [0.05, 0.1) is 5.69 Å². The van der Waals surface area contributed by atoms with E-state index in [-0.39, 0.29) is 24.0 Å². The molecule has 0 spiro atoms. The van der Waals surface area contributed by atoms with E-state index in [1.165, 1.54) is 18.0 Å². The van der Waals surface area contributed by atoms with Gasteiger partial charge in [-0.2, -0.15) is 0 Å². The predicted molar refractivity (Wildman–Crippen MR) is 136 cm³/mol. The zero-order valence-electron chi connectivity index (χ0n) is 17.6. The Kier molecular flexibility index (Phi) is 8.38. The van der Waals surface area contributed by atoms with Gasteiger partial charge in [0.15, 0.2) is 11.1 Å². The predicted octanol–water partition coefficient (Wildman–Crippen LogP) is 4.71. The van der Waals surface area contributed by atoms with Gasteiger partial charge < -0.3 is 20.0 Å². The van der Waals surface area contributed by atoms with Crippen LogP contribution in [0.3, 0.4) is 0 Å². The SMILES string of the molecule is CCNC(=NCc1oc2ccccc2c1C)NCCc1csc(N2CCCC2)n1.I. The van der Waals surface area contributed by atoms with E-state index in [4.69, 9.17) is 14.4 Å². The maximum absolute atomic E-state index is 5.98. The standard InChI is InChI=1S/C22H29N5OS.HI/c1-3-23-21(25-14-20-16(2)18-8-4-5-9-19(18)28-20)24-11-10-17-15-29-22(26-17)27-12-6-7-13-27;/h4-5,8-9,15H,3,6-7,10-14H2,1-2H3,(H2,23,24,25);1H. The van der Waals surface area contributed by atoms with Crippen LogP contribution in [-0.2, 0) is 13.0 Å². The molecule has 1 fully saturated rings. The van der Waals surface area contributed by atoms with Crippen LogP contribution >= 0.6 is 35.3 Å². The van der Waals surface area contributed by atoms with E-state index in [1.807, 2.05) is 18.2 Å². The van der Waals surface area contributed by atoms with Gasteiger partial charge in [0.2, 0.25) is 0 Å². The highest BCUT2D eigenvalue weighted by molar-refractivity contribution is 14.0. The molecule has 0 bridgehead atoms. The molecule has 1 aliphatic rings. The van der Waals surface area contributed by atoms with Gasteiger partial charge in [-0.3, -0.25) is 0 Å². The lowest BCUT2D eigenvalue weighted by molar-refractivity contribution is 0.548. The van der Waals surface area contributed by atoms with Crippen LogP contribution in [0.5, 0.6) is 0 Å². The maximum Gasteiger partial charge on any atom is 0.191 e. The topological polar surface area (TPSA) is 65.7 Å². The first-order chi connectivity index (χ1) is 14.2. The molecule has 30 heavy (non-hydrogen) atoms. The Hall–Kier alpha value is -1.81. The van der Waals surface area contributed by atoms with Crippen molar-refractivity contribution in [2.45, 2.75) is 39.7 Å². The number of nitrogens with one attached hydrogen (secondary N) is 2. The number of aryl methyl sites for hydroxylation is 1. The van der Waals surface area contributed by atoms with Gasteiger partial charge in [0.1, 0.15) is 17.9 Å². The summed E-state index contributed by atoms with van der Waals surface area (Å²) in [6.07, 6.45) is 3.45. The number of benzene rings is 1. The second kappa shape index (κ2) is 11.0. The number of hydrogen-bond donors (Lipinski definition) is 2. The van der Waals surface area contributed by atoms with Crippen LogP contribution in [0.15, 0.2) is 39.1 Å². The van der Waals surface area contributed by atoms with Crippen molar-refractivity contribution in [1.82, 2.24) is 15.6 Å². The molecule has 6 nitrogen and oxygen atoms in total. The van der Waals surface area contributed by atoms with Gasteiger partial charge in [-0.15, -0.1) is 35.3 Å². The molecule has 0 aliphatic carbocycles. The number of hydrogen-bond acceptors (Lipinski definition) is 5. The smallest absolute Gasteiger partial charge is 0.191 e. The molecule has 162 valence electrons. The molecule has 1 aromatic carbocycles. The van der Waals surface area contributed by atoms with Crippen molar-refractivity contribution in [3.63, 3.8) is 0 Å². The number of thiazole rings is 1. The summed E-state index contributed by atoms with van der Waals surface area (Å²) in [7, 11) is 0. The molecule has 3 heterocycles. The number of para-hydroxylation sites is 1. The Labute approximate surface area is 199 Å². The van der Waals surface area contributed by atoms with Crippen molar-refractivity contribution >= 4 is 57.4 Å². The fraction of sp³-hybridized carbons (Fsp3) is 0.455. The molecule has 2 aromatic heterocycles. The van der Waals surface area contributed by atoms with E-state index < -0.39 is 0 Å². The van der Waals surface area contributed by atoms with E-state index in [1.54, 1.807) is 11.3 Å². The lowest BCUT2D eigenvalue weighted by atomic mass is 10.1. The highest BCUT2D eigenvalue weighted by Crippen LogP contribution is 2.26. The molecule has 0 amide bonds. The molecule has 0 unspecified atom stereocenters. The van der Waals surface area contributed by atoms with Crippen molar-refractivity contribution in [3.8, 4) is 0 Å². The van der Waals surface area contributed by atoms with Crippen LogP contribution in [-0.4, -0.2) is 37.1 Å². The zero-order valence-corrected chi connectivity index (χ0v) is 20.8. The number of fused-ring (bicyclic) bond motifs is 1. The summed E-state index contributed by atoms with van der Waals surface area (Å²) in [4.78, 5) is 11.9. The average Bonchev–Trinajstić information content (AvgIpc) is 3.47. The minimum atomic E-state index is 0. The first-order valence-corrected chi connectivity index (χ1v) is 11.3. The van der Waals surface area contributed by atoms with Crippen molar-refractivity contribution in [2.75, 3.05) is 31.1 Å². The van der Waals surface area contributed by atoms with E-state index in [2.05, 4.69) is 40.8 Å². The lowest BCUT2D eigenvalue weighted by Gasteiger charge is -2.12. The van der Waals surface area contributed by atoms with E-state index in [9.17, 15) is 0 Å². The third-order valence-electron chi connectivity index (χ3n) is 5.26. The lowest BCUT2D eigenvalue weighted by Crippen LogP contribution is -2.38. The van der Waals surface area contributed by atoms with Gasteiger partial charge in [0, 0.05) is 48.9 Å². The van der Waals surface area contributed by atoms with Gasteiger partial charge in [0.25, 0.3) is 0 Å². The van der Waals surface area contributed by atoms with Gasteiger partial charge in [-0.25, -0.2) is 9.98 Å². The Balaban J connectivity index is 0.00000256. The molecular weight excluding hydrogens is 509 g/mol. The van der Waals surface area contributed by atoms with Crippen LogP contribution in [0, 0.1) is 6.92 Å². The number of anilines is 1. The zero-order chi connectivity index (χ0) is 20.1. The Morgan fingerprint density at radius 3 is 2.80 bits per heavy atom. The van der Waals surface area contributed by atoms with Crippen LogP contribution < -0.4 is 15.5 Å². The number of halogens is 1. The third kappa shape index (κ3) is 5.46. The third-order valence-corrected chi connectivity index (χ3v) is 6.21.